The van der Waals surface area contributed by atoms with Gasteiger partial charge in [-0.3, -0.25) is 0 Å². The normalized spacial score (nSPS) is 22.4. The van der Waals surface area contributed by atoms with Crippen LogP contribution in [0.25, 0.3) is 0 Å². The lowest BCUT2D eigenvalue weighted by molar-refractivity contribution is 0.484. The molecule has 0 spiro atoms. The lowest BCUT2D eigenvalue weighted by Crippen LogP contribution is -2.17. The smallest absolute Gasteiger partial charge is 0.0820 e. The van der Waals surface area contributed by atoms with E-state index >= 15 is 0 Å². The van der Waals surface area contributed by atoms with Crippen LogP contribution in [0.5, 0.6) is 0 Å². The van der Waals surface area contributed by atoms with Gasteiger partial charge in [0.25, 0.3) is 0 Å². The van der Waals surface area contributed by atoms with E-state index < -0.39 is 7.80 Å². The van der Waals surface area contributed by atoms with E-state index in [0.29, 0.717) is 23.2 Å². The van der Waals surface area contributed by atoms with E-state index in [4.69, 9.17) is 0 Å². The molecule has 0 aromatic heterocycles. The molecule has 0 bridgehead atoms. The summed E-state index contributed by atoms with van der Waals surface area (Å²) in [5.41, 5.74) is 0.822. The van der Waals surface area contributed by atoms with Crippen molar-refractivity contribution in [1.82, 2.24) is 0 Å². The fourth-order valence-electron chi connectivity index (χ4n) is 1.68. The maximum absolute atomic E-state index is 12.2. The van der Waals surface area contributed by atoms with Crippen LogP contribution < -0.4 is 0 Å². The summed E-state index contributed by atoms with van der Waals surface area (Å²) >= 11 is 0. The van der Waals surface area contributed by atoms with Crippen molar-refractivity contribution >= 4 is 7.80 Å². The summed E-state index contributed by atoms with van der Waals surface area (Å²) in [6, 6.07) is 0. The first kappa shape index (κ1) is 14.2. The van der Waals surface area contributed by atoms with Crippen molar-refractivity contribution in [2.45, 2.75) is 65.7 Å². The monoisotopic (exact) mass is 218 g/mol. The van der Waals surface area contributed by atoms with Gasteiger partial charge in [-0.1, -0.05) is 54.4 Å². The molecule has 0 saturated heterocycles. The highest BCUT2D eigenvalue weighted by atomic mass is 31.1. The van der Waals surface area contributed by atoms with E-state index in [-0.39, 0.29) is 0 Å². The zero-order valence-electron chi connectivity index (χ0n) is 10.6. The molecular formula is C12H27OP. The lowest BCUT2D eigenvalue weighted by Gasteiger charge is -2.25. The molecule has 0 fully saturated rings. The fraction of sp³-hybridized carbons (Fsp3) is 1.00. The standard InChI is InChI=1S/C12H27OP/c1-7-9(3)11(5)14(13)12(6)10(4)8-2/h9-12,14H,7-8H2,1-6H3. The van der Waals surface area contributed by atoms with Gasteiger partial charge in [0.1, 0.15) is 0 Å². The summed E-state index contributed by atoms with van der Waals surface area (Å²) in [7, 11) is -1.42. The first-order chi connectivity index (χ1) is 6.45. The molecule has 0 rings (SSSR count). The lowest BCUT2D eigenvalue weighted by atomic mass is 10.1. The molecule has 4 unspecified atom stereocenters. The van der Waals surface area contributed by atoms with Gasteiger partial charge in [0, 0.05) is 11.3 Å². The molecule has 0 amide bonds. The quantitative estimate of drug-likeness (QED) is 0.603. The van der Waals surface area contributed by atoms with Gasteiger partial charge in [-0.2, -0.15) is 0 Å². The Balaban J connectivity index is 4.31. The van der Waals surface area contributed by atoms with Crippen molar-refractivity contribution in [2.75, 3.05) is 0 Å². The Hall–Kier alpha value is 0.230. The topological polar surface area (TPSA) is 17.1 Å². The molecule has 4 atom stereocenters. The van der Waals surface area contributed by atoms with Crippen molar-refractivity contribution in [3.8, 4) is 0 Å². The molecule has 1 nitrogen and oxygen atoms in total. The van der Waals surface area contributed by atoms with E-state index in [2.05, 4.69) is 41.5 Å². The maximum Gasteiger partial charge on any atom is 0.0820 e. The van der Waals surface area contributed by atoms with Crippen LogP contribution in [0.2, 0.25) is 0 Å². The second-order valence-electron chi connectivity index (χ2n) is 4.75. The molecule has 0 N–H and O–H groups in total. The predicted molar refractivity (Wildman–Crippen MR) is 66.8 cm³/mol. The minimum absolute atomic E-state index is 0.411. The van der Waals surface area contributed by atoms with Crippen LogP contribution in [-0.4, -0.2) is 11.3 Å². The summed E-state index contributed by atoms with van der Waals surface area (Å²) in [6.45, 7) is 13.1. The Morgan fingerprint density at radius 3 is 1.36 bits per heavy atom. The van der Waals surface area contributed by atoms with E-state index in [1.165, 1.54) is 0 Å². The summed E-state index contributed by atoms with van der Waals surface area (Å²) in [4.78, 5) is 0. The molecule has 2 heteroatoms. The molecule has 0 aliphatic rings. The van der Waals surface area contributed by atoms with Crippen LogP contribution in [0.15, 0.2) is 0 Å². The highest BCUT2D eigenvalue weighted by Gasteiger charge is 2.24. The summed E-state index contributed by atoms with van der Waals surface area (Å²) < 4.78 is 12.2. The van der Waals surface area contributed by atoms with E-state index in [1.807, 2.05) is 0 Å². The Bertz CT molecular complexity index is 161. The average molecular weight is 218 g/mol. The Labute approximate surface area is 90.5 Å². The van der Waals surface area contributed by atoms with Crippen molar-refractivity contribution in [2.24, 2.45) is 11.8 Å². The van der Waals surface area contributed by atoms with Crippen molar-refractivity contribution in [3.05, 3.63) is 0 Å². The number of rotatable bonds is 6. The molecular weight excluding hydrogens is 191 g/mol. The van der Waals surface area contributed by atoms with Crippen LogP contribution in [0, 0.1) is 11.8 Å². The van der Waals surface area contributed by atoms with Crippen LogP contribution >= 0.6 is 7.80 Å². The Kier molecular flexibility index (Phi) is 6.78. The van der Waals surface area contributed by atoms with Crippen LogP contribution in [0.1, 0.15) is 54.4 Å². The molecule has 0 aliphatic carbocycles. The second kappa shape index (κ2) is 6.67. The van der Waals surface area contributed by atoms with E-state index in [0.717, 1.165) is 12.8 Å². The van der Waals surface area contributed by atoms with Crippen molar-refractivity contribution in [1.29, 1.82) is 0 Å². The van der Waals surface area contributed by atoms with Gasteiger partial charge in [-0.05, 0) is 11.8 Å². The molecule has 0 radical (unpaired) electrons. The first-order valence-electron chi connectivity index (χ1n) is 5.99. The highest BCUT2D eigenvalue weighted by Crippen LogP contribution is 2.42. The predicted octanol–water partition coefficient (Wildman–Crippen LogP) is 4.42. The van der Waals surface area contributed by atoms with Gasteiger partial charge >= 0.3 is 0 Å². The number of hydrogen-bond donors (Lipinski definition) is 0. The van der Waals surface area contributed by atoms with Crippen LogP contribution in [0.3, 0.4) is 0 Å². The third-order valence-corrected chi connectivity index (χ3v) is 6.83. The molecule has 0 aliphatic heterocycles. The number of hydrogen-bond acceptors (Lipinski definition) is 1. The molecule has 86 valence electrons. The van der Waals surface area contributed by atoms with Gasteiger partial charge < -0.3 is 4.57 Å². The van der Waals surface area contributed by atoms with Crippen molar-refractivity contribution in [3.63, 3.8) is 0 Å². The van der Waals surface area contributed by atoms with Gasteiger partial charge in [-0.15, -0.1) is 0 Å². The zero-order valence-corrected chi connectivity index (χ0v) is 11.6. The van der Waals surface area contributed by atoms with Gasteiger partial charge in [0.05, 0.1) is 7.80 Å². The van der Waals surface area contributed by atoms with E-state index in [9.17, 15) is 4.57 Å². The molecule has 0 saturated carbocycles. The van der Waals surface area contributed by atoms with Crippen LogP contribution in [-0.2, 0) is 4.57 Å². The Morgan fingerprint density at radius 1 is 0.857 bits per heavy atom. The largest absolute Gasteiger partial charge is 0.326 e. The average Bonchev–Trinajstić information content (AvgIpc) is 2.23. The summed E-state index contributed by atoms with van der Waals surface area (Å²) in [5.74, 6) is 1.21. The summed E-state index contributed by atoms with van der Waals surface area (Å²) in [5, 5.41) is 0. The third-order valence-electron chi connectivity index (χ3n) is 3.89. The summed E-state index contributed by atoms with van der Waals surface area (Å²) in [6.07, 6.45) is 2.29. The zero-order chi connectivity index (χ0) is 11.3. The fourth-order valence-corrected chi connectivity index (χ4v) is 4.11. The Morgan fingerprint density at radius 2 is 1.14 bits per heavy atom. The minimum Gasteiger partial charge on any atom is -0.326 e. The van der Waals surface area contributed by atoms with Crippen molar-refractivity contribution < 1.29 is 4.57 Å². The highest BCUT2D eigenvalue weighted by molar-refractivity contribution is 7.46. The minimum atomic E-state index is -1.42. The molecule has 14 heavy (non-hydrogen) atoms. The third kappa shape index (κ3) is 3.77. The van der Waals surface area contributed by atoms with Gasteiger partial charge in [0.15, 0.2) is 0 Å². The maximum atomic E-state index is 12.2. The molecule has 0 aromatic rings. The SMILES string of the molecule is CCC(C)C(C)[PH](=O)C(C)C(C)CC. The van der Waals surface area contributed by atoms with E-state index in [1.54, 1.807) is 0 Å². The second-order valence-corrected chi connectivity index (χ2v) is 7.38. The van der Waals surface area contributed by atoms with Gasteiger partial charge in [-0.25, -0.2) is 0 Å². The van der Waals surface area contributed by atoms with Crippen LogP contribution in [0.4, 0.5) is 0 Å². The molecule has 0 heterocycles. The molecule has 0 aromatic carbocycles. The first-order valence-corrected chi connectivity index (χ1v) is 7.55. The van der Waals surface area contributed by atoms with Gasteiger partial charge in [0.2, 0.25) is 0 Å².